The molecule has 10 heavy (non-hydrogen) atoms. The van der Waals surface area contributed by atoms with Gasteiger partial charge in [0.15, 0.2) is 0 Å². The molecule has 52 valence electrons. The Morgan fingerprint density at radius 1 is 1.70 bits per heavy atom. The zero-order valence-corrected chi connectivity index (χ0v) is 6.69. The molecule has 1 atom stereocenters. The van der Waals surface area contributed by atoms with Gasteiger partial charge in [-0.1, -0.05) is 13.0 Å². The molecule has 0 aliphatic heterocycles. The van der Waals surface area contributed by atoms with Crippen molar-refractivity contribution in [3.8, 4) is 0 Å². The molecular formula is C8H9NS. The van der Waals surface area contributed by atoms with Gasteiger partial charge in [0.1, 0.15) is 0 Å². The van der Waals surface area contributed by atoms with Crippen molar-refractivity contribution < 1.29 is 0 Å². The first-order valence-electron chi connectivity index (χ1n) is 3.47. The molecule has 1 aromatic heterocycles. The Labute approximate surface area is 64.4 Å². The Hall–Kier alpha value is -0.630. The molecule has 0 N–H and O–H groups in total. The van der Waals surface area contributed by atoms with E-state index in [-0.39, 0.29) is 0 Å². The normalized spacial score (nSPS) is 22.7. The molecule has 0 bridgehead atoms. The Morgan fingerprint density at radius 2 is 2.60 bits per heavy atom. The van der Waals surface area contributed by atoms with Gasteiger partial charge in [0.2, 0.25) is 0 Å². The van der Waals surface area contributed by atoms with E-state index in [0.29, 0.717) is 5.92 Å². The number of rotatable bonds is 0. The van der Waals surface area contributed by atoms with E-state index in [9.17, 15) is 0 Å². The van der Waals surface area contributed by atoms with Crippen molar-refractivity contribution in [3.05, 3.63) is 22.2 Å². The van der Waals surface area contributed by atoms with E-state index in [4.69, 9.17) is 0 Å². The van der Waals surface area contributed by atoms with E-state index >= 15 is 0 Å². The highest BCUT2D eigenvalue weighted by molar-refractivity contribution is 7.10. The molecule has 1 aromatic rings. The Balaban J connectivity index is 2.43. The number of fused-ring (bicyclic) bond motifs is 1. The van der Waals surface area contributed by atoms with Gasteiger partial charge in [-0.2, -0.15) is 0 Å². The van der Waals surface area contributed by atoms with Gasteiger partial charge in [-0.15, -0.1) is 11.3 Å². The van der Waals surface area contributed by atoms with Crippen molar-refractivity contribution in [1.82, 2.24) is 4.98 Å². The van der Waals surface area contributed by atoms with Crippen molar-refractivity contribution in [2.45, 2.75) is 13.3 Å². The molecule has 1 unspecified atom stereocenters. The minimum atomic E-state index is 0.676. The molecule has 1 aliphatic rings. The molecule has 0 aromatic carbocycles. The first kappa shape index (κ1) is 6.10. The fourth-order valence-electron chi connectivity index (χ4n) is 1.19. The van der Waals surface area contributed by atoms with Gasteiger partial charge in [-0.3, -0.25) is 0 Å². The molecule has 1 heterocycles. The lowest BCUT2D eigenvalue weighted by Gasteiger charge is -2.08. The van der Waals surface area contributed by atoms with Crippen LogP contribution in [0.25, 0.3) is 6.08 Å². The van der Waals surface area contributed by atoms with E-state index < -0.39 is 0 Å². The van der Waals surface area contributed by atoms with Crippen LogP contribution in [0.3, 0.4) is 0 Å². The van der Waals surface area contributed by atoms with Crippen LogP contribution in [-0.2, 0) is 6.42 Å². The van der Waals surface area contributed by atoms with Gasteiger partial charge >= 0.3 is 0 Å². The molecule has 0 spiro atoms. The van der Waals surface area contributed by atoms with Crippen molar-refractivity contribution in [2.24, 2.45) is 5.92 Å². The summed E-state index contributed by atoms with van der Waals surface area (Å²) >= 11 is 1.73. The van der Waals surface area contributed by atoms with Crippen LogP contribution in [0.4, 0.5) is 0 Å². The zero-order chi connectivity index (χ0) is 6.97. The number of hydrogen-bond acceptors (Lipinski definition) is 2. The second kappa shape index (κ2) is 2.20. The second-order valence-corrected chi connectivity index (χ2v) is 3.59. The first-order valence-corrected chi connectivity index (χ1v) is 4.35. The highest BCUT2D eigenvalue weighted by Crippen LogP contribution is 2.24. The van der Waals surface area contributed by atoms with Gasteiger partial charge in [-0.25, -0.2) is 4.98 Å². The van der Waals surface area contributed by atoms with Crippen LogP contribution in [-0.4, -0.2) is 4.98 Å². The van der Waals surface area contributed by atoms with Crippen molar-refractivity contribution in [2.75, 3.05) is 0 Å². The van der Waals surface area contributed by atoms with Crippen LogP contribution >= 0.6 is 11.3 Å². The van der Waals surface area contributed by atoms with Crippen LogP contribution in [0.5, 0.6) is 0 Å². The van der Waals surface area contributed by atoms with Crippen LogP contribution < -0.4 is 0 Å². The van der Waals surface area contributed by atoms with Gasteiger partial charge in [0, 0.05) is 4.88 Å². The summed E-state index contributed by atoms with van der Waals surface area (Å²) in [6.07, 6.45) is 5.55. The molecule has 1 aliphatic carbocycles. The lowest BCUT2D eigenvalue weighted by atomic mass is 10.00. The molecular weight excluding hydrogens is 142 g/mol. The first-order chi connectivity index (χ1) is 4.86. The van der Waals surface area contributed by atoms with Crippen molar-refractivity contribution >= 4 is 17.4 Å². The van der Waals surface area contributed by atoms with Crippen LogP contribution in [0.15, 0.2) is 11.6 Å². The third-order valence-corrected chi connectivity index (χ3v) is 2.60. The van der Waals surface area contributed by atoms with E-state index in [1.165, 1.54) is 10.6 Å². The zero-order valence-electron chi connectivity index (χ0n) is 5.87. The summed E-state index contributed by atoms with van der Waals surface area (Å²) in [5.41, 5.74) is 3.20. The average Bonchev–Trinajstić information content (AvgIpc) is 2.33. The standard InChI is InChI=1S/C8H9NS/c1-6-2-3-8-7(4-6)9-5-10-8/h2-3,5-6H,4H2,1H3. The predicted octanol–water partition coefficient (Wildman–Crippen LogP) is 2.35. The molecule has 2 heteroatoms. The molecule has 0 saturated carbocycles. The average molecular weight is 151 g/mol. The Morgan fingerprint density at radius 3 is 3.50 bits per heavy atom. The second-order valence-electron chi connectivity index (χ2n) is 2.70. The van der Waals surface area contributed by atoms with Gasteiger partial charge < -0.3 is 0 Å². The summed E-state index contributed by atoms with van der Waals surface area (Å²) in [6, 6.07) is 0. The van der Waals surface area contributed by atoms with Gasteiger partial charge in [0.25, 0.3) is 0 Å². The fourth-order valence-corrected chi connectivity index (χ4v) is 1.91. The third-order valence-electron chi connectivity index (χ3n) is 1.76. The lowest BCUT2D eigenvalue weighted by Crippen LogP contribution is -2.01. The SMILES string of the molecule is CC1C=Cc2scnc2C1. The molecule has 0 radical (unpaired) electrons. The lowest BCUT2D eigenvalue weighted by molar-refractivity contribution is 0.705. The molecule has 2 rings (SSSR count). The summed E-state index contributed by atoms with van der Waals surface area (Å²) in [4.78, 5) is 5.62. The Bertz CT molecular complexity index is 262. The predicted molar refractivity (Wildman–Crippen MR) is 44.0 cm³/mol. The number of nitrogens with zero attached hydrogens (tertiary/aromatic N) is 1. The number of aromatic nitrogens is 1. The smallest absolute Gasteiger partial charge is 0.0801 e. The molecule has 0 saturated heterocycles. The largest absolute Gasteiger partial charge is 0.249 e. The number of hydrogen-bond donors (Lipinski definition) is 0. The number of allylic oxidation sites excluding steroid dienone is 1. The quantitative estimate of drug-likeness (QED) is 0.554. The maximum Gasteiger partial charge on any atom is 0.0801 e. The summed E-state index contributed by atoms with van der Waals surface area (Å²) in [6.45, 7) is 2.22. The van der Waals surface area contributed by atoms with Crippen molar-refractivity contribution in [3.63, 3.8) is 0 Å². The third kappa shape index (κ3) is 0.886. The van der Waals surface area contributed by atoms with Crippen molar-refractivity contribution in [1.29, 1.82) is 0 Å². The molecule has 0 amide bonds. The monoisotopic (exact) mass is 151 g/mol. The maximum atomic E-state index is 4.27. The minimum absolute atomic E-state index is 0.676. The van der Waals surface area contributed by atoms with E-state index in [0.717, 1.165) is 6.42 Å². The van der Waals surface area contributed by atoms with Crippen LogP contribution in [0.2, 0.25) is 0 Å². The van der Waals surface area contributed by atoms with Gasteiger partial charge in [-0.05, 0) is 18.4 Å². The highest BCUT2D eigenvalue weighted by atomic mass is 32.1. The summed E-state index contributed by atoms with van der Waals surface area (Å²) < 4.78 is 0. The summed E-state index contributed by atoms with van der Waals surface area (Å²) in [5, 5.41) is 0. The minimum Gasteiger partial charge on any atom is -0.249 e. The van der Waals surface area contributed by atoms with E-state index in [1.54, 1.807) is 11.3 Å². The van der Waals surface area contributed by atoms with Gasteiger partial charge in [0.05, 0.1) is 11.2 Å². The maximum absolute atomic E-state index is 4.27. The fraction of sp³-hybridized carbons (Fsp3) is 0.375. The Kier molecular flexibility index (Phi) is 1.34. The van der Waals surface area contributed by atoms with Crippen LogP contribution in [0, 0.1) is 5.92 Å². The topological polar surface area (TPSA) is 12.9 Å². The summed E-state index contributed by atoms with van der Waals surface area (Å²) in [7, 11) is 0. The highest BCUT2D eigenvalue weighted by Gasteiger charge is 2.11. The van der Waals surface area contributed by atoms with E-state index in [1.807, 2.05) is 5.51 Å². The molecule has 0 fully saturated rings. The van der Waals surface area contributed by atoms with E-state index in [2.05, 4.69) is 24.1 Å². The summed E-state index contributed by atoms with van der Waals surface area (Å²) in [5.74, 6) is 0.676. The molecule has 1 nitrogen and oxygen atoms in total. The number of thiazole rings is 1. The van der Waals surface area contributed by atoms with Crippen LogP contribution in [0.1, 0.15) is 17.5 Å².